The zero-order chi connectivity index (χ0) is 9.97. The van der Waals surface area contributed by atoms with Crippen molar-refractivity contribution in [2.75, 3.05) is 0 Å². The van der Waals surface area contributed by atoms with E-state index in [1.54, 1.807) is 0 Å². The fraction of sp³-hybridized carbons (Fsp3) is 0.154. The zero-order valence-corrected chi connectivity index (χ0v) is 8.12. The molecule has 0 aromatic heterocycles. The summed E-state index contributed by atoms with van der Waals surface area (Å²) in [6, 6.07) is 14.6. The molecule has 0 saturated heterocycles. The molecule has 2 aromatic carbocycles. The first-order valence-electron chi connectivity index (χ1n) is 4.66. The molecule has 0 unspecified atom stereocenters. The molecular formula is C13H11N. The summed E-state index contributed by atoms with van der Waals surface area (Å²) in [7, 11) is 0. The number of hydrogen-bond donors (Lipinski definition) is 0. The van der Waals surface area contributed by atoms with Crippen molar-refractivity contribution >= 4 is 10.8 Å². The van der Waals surface area contributed by atoms with Gasteiger partial charge in [0.25, 0.3) is 0 Å². The maximum atomic E-state index is 8.70. The normalized spacial score (nSPS) is 10.0. The largest absolute Gasteiger partial charge is 0.198 e. The van der Waals surface area contributed by atoms with Gasteiger partial charge in [-0.05, 0) is 23.3 Å². The van der Waals surface area contributed by atoms with Gasteiger partial charge in [-0.3, -0.25) is 0 Å². The fourth-order valence-corrected chi connectivity index (χ4v) is 1.69. The van der Waals surface area contributed by atoms with Gasteiger partial charge in [-0.1, -0.05) is 42.0 Å². The highest BCUT2D eigenvalue weighted by Gasteiger charge is 1.99. The molecule has 0 heterocycles. The molecule has 2 aromatic rings. The van der Waals surface area contributed by atoms with Gasteiger partial charge in [-0.15, -0.1) is 0 Å². The van der Waals surface area contributed by atoms with Gasteiger partial charge in [0.1, 0.15) is 0 Å². The molecule has 0 atom stereocenters. The van der Waals surface area contributed by atoms with Gasteiger partial charge in [0.2, 0.25) is 0 Å². The van der Waals surface area contributed by atoms with Crippen LogP contribution in [-0.4, -0.2) is 0 Å². The molecule has 2 rings (SSSR count). The topological polar surface area (TPSA) is 23.8 Å². The second-order valence-electron chi connectivity index (χ2n) is 3.48. The molecular weight excluding hydrogens is 170 g/mol. The van der Waals surface area contributed by atoms with E-state index in [0.717, 1.165) is 5.56 Å². The van der Waals surface area contributed by atoms with Crippen molar-refractivity contribution < 1.29 is 0 Å². The quantitative estimate of drug-likeness (QED) is 0.662. The highest BCUT2D eigenvalue weighted by Crippen LogP contribution is 2.20. The Morgan fingerprint density at radius 3 is 2.86 bits per heavy atom. The van der Waals surface area contributed by atoms with E-state index < -0.39 is 0 Å². The number of benzene rings is 2. The molecule has 1 heteroatoms. The van der Waals surface area contributed by atoms with Crippen LogP contribution in [0.4, 0.5) is 0 Å². The summed E-state index contributed by atoms with van der Waals surface area (Å²) in [5.74, 6) is 0. The van der Waals surface area contributed by atoms with E-state index in [-0.39, 0.29) is 0 Å². The fourth-order valence-electron chi connectivity index (χ4n) is 1.69. The smallest absolute Gasteiger partial charge is 0.0669 e. The SMILES string of the molecule is Cc1ccc2cccc(CC#N)c2c1. The van der Waals surface area contributed by atoms with Crippen LogP contribution in [0.3, 0.4) is 0 Å². The molecule has 0 N–H and O–H groups in total. The van der Waals surface area contributed by atoms with Crippen LogP contribution in [0.25, 0.3) is 10.8 Å². The number of nitriles is 1. The minimum atomic E-state index is 0.487. The lowest BCUT2D eigenvalue weighted by Gasteiger charge is -2.03. The molecule has 1 nitrogen and oxygen atoms in total. The molecule has 68 valence electrons. The van der Waals surface area contributed by atoms with E-state index in [1.807, 2.05) is 12.1 Å². The van der Waals surface area contributed by atoms with E-state index in [1.165, 1.54) is 16.3 Å². The van der Waals surface area contributed by atoms with Crippen LogP contribution < -0.4 is 0 Å². The van der Waals surface area contributed by atoms with Gasteiger partial charge < -0.3 is 0 Å². The zero-order valence-electron chi connectivity index (χ0n) is 8.12. The molecule has 0 bridgehead atoms. The van der Waals surface area contributed by atoms with Crippen molar-refractivity contribution in [1.29, 1.82) is 5.26 Å². The molecule has 0 aliphatic carbocycles. The molecule has 0 saturated carbocycles. The van der Waals surface area contributed by atoms with Crippen molar-refractivity contribution in [3.8, 4) is 6.07 Å². The predicted molar refractivity (Wildman–Crippen MR) is 58.0 cm³/mol. The second kappa shape index (κ2) is 3.51. The lowest BCUT2D eigenvalue weighted by molar-refractivity contribution is 1.28. The Morgan fingerprint density at radius 1 is 1.21 bits per heavy atom. The summed E-state index contributed by atoms with van der Waals surface area (Å²) in [5, 5.41) is 11.1. The van der Waals surface area contributed by atoms with Crippen molar-refractivity contribution in [2.24, 2.45) is 0 Å². The Labute approximate surface area is 83.6 Å². The maximum Gasteiger partial charge on any atom is 0.0669 e. The monoisotopic (exact) mass is 181 g/mol. The van der Waals surface area contributed by atoms with Gasteiger partial charge in [0, 0.05) is 0 Å². The highest BCUT2D eigenvalue weighted by atomic mass is 14.2. The third-order valence-electron chi connectivity index (χ3n) is 2.40. The van der Waals surface area contributed by atoms with E-state index >= 15 is 0 Å². The summed E-state index contributed by atoms with van der Waals surface area (Å²) >= 11 is 0. The van der Waals surface area contributed by atoms with Crippen molar-refractivity contribution in [3.05, 3.63) is 47.5 Å². The van der Waals surface area contributed by atoms with E-state index in [2.05, 4.69) is 37.3 Å². The molecule has 0 amide bonds. The molecule has 0 fully saturated rings. The minimum Gasteiger partial charge on any atom is -0.198 e. The second-order valence-corrected chi connectivity index (χ2v) is 3.48. The van der Waals surface area contributed by atoms with Gasteiger partial charge in [0.05, 0.1) is 12.5 Å². The Balaban J connectivity index is 2.72. The number of rotatable bonds is 1. The van der Waals surface area contributed by atoms with Crippen LogP contribution in [0.1, 0.15) is 11.1 Å². The van der Waals surface area contributed by atoms with Crippen molar-refractivity contribution in [3.63, 3.8) is 0 Å². The first kappa shape index (κ1) is 8.77. The predicted octanol–water partition coefficient (Wildman–Crippen LogP) is 3.21. The van der Waals surface area contributed by atoms with Gasteiger partial charge >= 0.3 is 0 Å². The van der Waals surface area contributed by atoms with Crippen LogP contribution in [-0.2, 0) is 6.42 Å². The van der Waals surface area contributed by atoms with E-state index in [4.69, 9.17) is 5.26 Å². The van der Waals surface area contributed by atoms with E-state index in [0.29, 0.717) is 6.42 Å². The summed E-state index contributed by atoms with van der Waals surface area (Å²) in [6.07, 6.45) is 0.487. The molecule has 0 spiro atoms. The third-order valence-corrected chi connectivity index (χ3v) is 2.40. The minimum absolute atomic E-state index is 0.487. The van der Waals surface area contributed by atoms with Crippen LogP contribution in [0, 0.1) is 18.3 Å². The number of hydrogen-bond acceptors (Lipinski definition) is 1. The van der Waals surface area contributed by atoms with Gasteiger partial charge in [-0.25, -0.2) is 0 Å². The van der Waals surface area contributed by atoms with Gasteiger partial charge in [-0.2, -0.15) is 5.26 Å². The molecule has 0 aliphatic rings. The number of nitrogens with zero attached hydrogens (tertiary/aromatic N) is 1. The van der Waals surface area contributed by atoms with Crippen LogP contribution in [0.2, 0.25) is 0 Å². The summed E-state index contributed by atoms with van der Waals surface area (Å²) < 4.78 is 0. The van der Waals surface area contributed by atoms with Gasteiger partial charge in [0.15, 0.2) is 0 Å². The maximum absolute atomic E-state index is 8.70. The molecule has 0 aliphatic heterocycles. The standard InChI is InChI=1S/C13H11N/c1-10-5-6-11-3-2-4-12(7-8-14)13(11)9-10/h2-6,9H,7H2,1H3. The van der Waals surface area contributed by atoms with Crippen molar-refractivity contribution in [2.45, 2.75) is 13.3 Å². The number of fused-ring (bicyclic) bond motifs is 1. The summed E-state index contributed by atoms with van der Waals surface area (Å²) in [4.78, 5) is 0. The van der Waals surface area contributed by atoms with Crippen LogP contribution in [0.15, 0.2) is 36.4 Å². The summed E-state index contributed by atoms with van der Waals surface area (Å²) in [6.45, 7) is 2.07. The number of aryl methyl sites for hydroxylation is 1. The van der Waals surface area contributed by atoms with Crippen LogP contribution >= 0.6 is 0 Å². The highest BCUT2D eigenvalue weighted by molar-refractivity contribution is 5.86. The third kappa shape index (κ3) is 1.47. The summed E-state index contributed by atoms with van der Waals surface area (Å²) in [5.41, 5.74) is 2.36. The molecule has 14 heavy (non-hydrogen) atoms. The lowest BCUT2D eigenvalue weighted by Crippen LogP contribution is -1.85. The Bertz CT molecular complexity index is 506. The van der Waals surface area contributed by atoms with Crippen molar-refractivity contribution in [1.82, 2.24) is 0 Å². The Hall–Kier alpha value is -1.81. The Kier molecular flexibility index (Phi) is 2.20. The lowest BCUT2D eigenvalue weighted by atomic mass is 10.0. The first-order chi connectivity index (χ1) is 6.81. The molecule has 0 radical (unpaired) electrons. The average molecular weight is 181 g/mol. The first-order valence-corrected chi connectivity index (χ1v) is 4.66. The van der Waals surface area contributed by atoms with E-state index in [9.17, 15) is 0 Å². The average Bonchev–Trinajstić information content (AvgIpc) is 2.19. The van der Waals surface area contributed by atoms with Crippen LogP contribution in [0.5, 0.6) is 0 Å². The Morgan fingerprint density at radius 2 is 2.07 bits per heavy atom.